The van der Waals surface area contributed by atoms with E-state index in [0.717, 1.165) is 17.7 Å². The number of hydrogen-bond acceptors (Lipinski definition) is 1. The number of rotatable bonds is 3. The summed E-state index contributed by atoms with van der Waals surface area (Å²) in [5.74, 6) is -1.28. The van der Waals surface area contributed by atoms with Gasteiger partial charge in [-0.1, -0.05) is 23.7 Å². The fourth-order valence-electron chi connectivity index (χ4n) is 2.09. The van der Waals surface area contributed by atoms with Crippen molar-refractivity contribution in [2.75, 3.05) is 7.05 Å². The molecule has 0 fully saturated rings. The van der Waals surface area contributed by atoms with Crippen LogP contribution in [0.2, 0.25) is 5.02 Å². The molecule has 0 radical (unpaired) electrons. The maximum absolute atomic E-state index is 13.3. The van der Waals surface area contributed by atoms with Gasteiger partial charge in [0.1, 0.15) is 5.82 Å². The van der Waals surface area contributed by atoms with Crippen LogP contribution in [0.1, 0.15) is 11.1 Å². The standard InChI is InChI=1S/C15H12ClF4N/c1-21-8-10-6-11(16)3-4-12(10)9-2-5-14(17)13(7-9)15(18,19)20/h2-7,21H,8H2,1H3. The Morgan fingerprint density at radius 3 is 2.43 bits per heavy atom. The summed E-state index contributed by atoms with van der Waals surface area (Å²) in [6, 6.07) is 7.86. The molecule has 0 spiro atoms. The van der Waals surface area contributed by atoms with E-state index in [1.165, 1.54) is 6.07 Å². The first-order valence-electron chi connectivity index (χ1n) is 6.13. The Hall–Kier alpha value is -1.59. The van der Waals surface area contributed by atoms with Gasteiger partial charge >= 0.3 is 6.18 Å². The molecule has 0 amide bonds. The van der Waals surface area contributed by atoms with Crippen LogP contribution < -0.4 is 5.32 Å². The fourth-order valence-corrected chi connectivity index (χ4v) is 2.29. The maximum atomic E-state index is 13.3. The van der Waals surface area contributed by atoms with Gasteiger partial charge in [-0.05, 0) is 48.0 Å². The van der Waals surface area contributed by atoms with E-state index < -0.39 is 17.6 Å². The van der Waals surface area contributed by atoms with Crippen molar-refractivity contribution in [3.05, 3.63) is 58.4 Å². The van der Waals surface area contributed by atoms with Crippen LogP contribution in [0.4, 0.5) is 17.6 Å². The predicted octanol–water partition coefficient (Wildman–Crippen LogP) is 4.88. The Morgan fingerprint density at radius 2 is 1.81 bits per heavy atom. The molecule has 1 nitrogen and oxygen atoms in total. The highest BCUT2D eigenvalue weighted by molar-refractivity contribution is 6.30. The van der Waals surface area contributed by atoms with Gasteiger partial charge in [-0.2, -0.15) is 13.2 Å². The summed E-state index contributed by atoms with van der Waals surface area (Å²) in [6.07, 6.45) is -4.73. The van der Waals surface area contributed by atoms with Crippen molar-refractivity contribution in [3.8, 4) is 11.1 Å². The number of nitrogens with one attached hydrogen (secondary N) is 1. The number of alkyl halides is 3. The molecule has 0 bridgehead atoms. The Balaban J connectivity index is 2.57. The van der Waals surface area contributed by atoms with Crippen molar-refractivity contribution in [1.29, 1.82) is 0 Å². The van der Waals surface area contributed by atoms with Gasteiger partial charge in [0, 0.05) is 11.6 Å². The van der Waals surface area contributed by atoms with Crippen LogP contribution in [0.3, 0.4) is 0 Å². The van der Waals surface area contributed by atoms with E-state index >= 15 is 0 Å². The molecule has 2 rings (SSSR count). The van der Waals surface area contributed by atoms with Gasteiger partial charge in [-0.3, -0.25) is 0 Å². The van der Waals surface area contributed by atoms with Crippen molar-refractivity contribution in [1.82, 2.24) is 5.32 Å². The normalized spacial score (nSPS) is 11.7. The van der Waals surface area contributed by atoms with Gasteiger partial charge in [-0.25, -0.2) is 4.39 Å². The summed E-state index contributed by atoms with van der Waals surface area (Å²) in [4.78, 5) is 0. The first-order valence-corrected chi connectivity index (χ1v) is 6.51. The summed E-state index contributed by atoms with van der Waals surface area (Å²) in [7, 11) is 1.72. The predicted molar refractivity (Wildman–Crippen MR) is 74.6 cm³/mol. The van der Waals surface area contributed by atoms with Crippen LogP contribution in [-0.2, 0) is 12.7 Å². The second kappa shape index (κ2) is 6.03. The van der Waals surface area contributed by atoms with Crippen LogP contribution in [0.5, 0.6) is 0 Å². The lowest BCUT2D eigenvalue weighted by atomic mass is 9.97. The van der Waals surface area contributed by atoms with E-state index in [2.05, 4.69) is 5.32 Å². The summed E-state index contributed by atoms with van der Waals surface area (Å²) in [5.41, 5.74) is 0.347. The second-order valence-corrected chi connectivity index (χ2v) is 4.96. The van der Waals surface area contributed by atoms with Crippen LogP contribution in [0, 0.1) is 5.82 Å². The van der Waals surface area contributed by atoms with Crippen LogP contribution in [0.25, 0.3) is 11.1 Å². The van der Waals surface area contributed by atoms with E-state index in [1.54, 1.807) is 25.2 Å². The van der Waals surface area contributed by atoms with Gasteiger partial charge in [0.2, 0.25) is 0 Å². The smallest absolute Gasteiger partial charge is 0.316 e. The molecule has 1 N–H and O–H groups in total. The molecule has 0 aliphatic carbocycles. The summed E-state index contributed by atoms with van der Waals surface area (Å²) >= 11 is 5.90. The van der Waals surface area contributed by atoms with Gasteiger partial charge in [0.15, 0.2) is 0 Å². The van der Waals surface area contributed by atoms with E-state index in [-0.39, 0.29) is 0 Å². The third-order valence-electron chi connectivity index (χ3n) is 3.02. The van der Waals surface area contributed by atoms with Gasteiger partial charge in [-0.15, -0.1) is 0 Å². The lowest BCUT2D eigenvalue weighted by Crippen LogP contribution is -2.09. The highest BCUT2D eigenvalue weighted by Crippen LogP contribution is 2.35. The third-order valence-corrected chi connectivity index (χ3v) is 3.25. The Labute approximate surface area is 124 Å². The Bertz CT molecular complexity index is 653. The average Bonchev–Trinajstić information content (AvgIpc) is 2.39. The molecule has 0 aliphatic rings. The van der Waals surface area contributed by atoms with Crippen LogP contribution >= 0.6 is 11.6 Å². The highest BCUT2D eigenvalue weighted by atomic mass is 35.5. The van der Waals surface area contributed by atoms with E-state index in [0.29, 0.717) is 22.7 Å². The molecule has 0 unspecified atom stereocenters. The second-order valence-electron chi connectivity index (χ2n) is 4.52. The average molecular weight is 318 g/mol. The minimum Gasteiger partial charge on any atom is -0.316 e. The summed E-state index contributed by atoms with van der Waals surface area (Å²) in [6.45, 7) is 0.439. The molecule has 0 saturated heterocycles. The molecule has 2 aromatic carbocycles. The monoisotopic (exact) mass is 317 g/mol. The molecule has 6 heteroatoms. The zero-order chi connectivity index (χ0) is 15.6. The maximum Gasteiger partial charge on any atom is 0.419 e. The van der Waals surface area contributed by atoms with E-state index in [1.807, 2.05) is 0 Å². The molecule has 21 heavy (non-hydrogen) atoms. The minimum atomic E-state index is -4.73. The van der Waals surface area contributed by atoms with Crippen molar-refractivity contribution >= 4 is 11.6 Å². The third kappa shape index (κ3) is 3.54. The summed E-state index contributed by atoms with van der Waals surface area (Å²) in [5, 5.41) is 3.41. The van der Waals surface area contributed by atoms with Crippen LogP contribution in [-0.4, -0.2) is 7.05 Å². The largest absolute Gasteiger partial charge is 0.419 e. The van der Waals surface area contributed by atoms with Gasteiger partial charge in [0.05, 0.1) is 5.56 Å². The fraction of sp³-hybridized carbons (Fsp3) is 0.200. The lowest BCUT2D eigenvalue weighted by molar-refractivity contribution is -0.139. The molecule has 0 aromatic heterocycles. The van der Waals surface area contributed by atoms with Crippen molar-refractivity contribution in [2.24, 2.45) is 0 Å². The van der Waals surface area contributed by atoms with Gasteiger partial charge < -0.3 is 5.32 Å². The Kier molecular flexibility index (Phi) is 4.54. The molecule has 112 valence electrons. The lowest BCUT2D eigenvalue weighted by Gasteiger charge is -2.13. The topological polar surface area (TPSA) is 12.0 Å². The first-order chi connectivity index (χ1) is 9.82. The summed E-state index contributed by atoms with van der Waals surface area (Å²) < 4.78 is 51.7. The zero-order valence-electron chi connectivity index (χ0n) is 11.1. The van der Waals surface area contributed by atoms with E-state index in [4.69, 9.17) is 11.6 Å². The molecule has 0 saturated carbocycles. The van der Waals surface area contributed by atoms with Crippen LogP contribution in [0.15, 0.2) is 36.4 Å². The number of halogens is 5. The Morgan fingerprint density at radius 1 is 1.10 bits per heavy atom. The SMILES string of the molecule is CNCc1cc(Cl)ccc1-c1ccc(F)c(C(F)(F)F)c1. The molecule has 0 atom stereocenters. The highest BCUT2D eigenvalue weighted by Gasteiger charge is 2.34. The van der Waals surface area contributed by atoms with E-state index in [9.17, 15) is 17.6 Å². The van der Waals surface area contributed by atoms with Crippen molar-refractivity contribution < 1.29 is 17.6 Å². The number of hydrogen-bond donors (Lipinski definition) is 1. The molecule has 0 heterocycles. The van der Waals surface area contributed by atoms with Gasteiger partial charge in [0.25, 0.3) is 0 Å². The van der Waals surface area contributed by atoms with Crippen molar-refractivity contribution in [3.63, 3.8) is 0 Å². The van der Waals surface area contributed by atoms with Crippen molar-refractivity contribution in [2.45, 2.75) is 12.7 Å². The zero-order valence-corrected chi connectivity index (χ0v) is 11.8. The molecular formula is C15H12ClF4N. The molecule has 0 aliphatic heterocycles. The molecule has 2 aromatic rings. The first kappa shape index (κ1) is 15.8. The quantitative estimate of drug-likeness (QED) is 0.795. The number of benzene rings is 2. The minimum absolute atomic E-state index is 0.297. The molecular weight excluding hydrogens is 306 g/mol.